The zero-order chi connectivity index (χ0) is 21.0. The van der Waals surface area contributed by atoms with E-state index in [1.54, 1.807) is 43.3 Å². The normalized spacial score (nSPS) is 16.2. The first-order valence-electron chi connectivity index (χ1n) is 9.29. The lowest BCUT2D eigenvalue weighted by Gasteiger charge is -2.26. The molecule has 0 bridgehead atoms. The number of sulfonamides is 1. The van der Waals surface area contributed by atoms with Gasteiger partial charge in [0, 0.05) is 18.7 Å². The second-order valence-electron chi connectivity index (χ2n) is 6.77. The molecular formula is C21H23NO6S. The number of rotatable bonds is 6. The third-order valence-electron chi connectivity index (χ3n) is 4.72. The van der Waals surface area contributed by atoms with E-state index >= 15 is 0 Å². The topological polar surface area (TPSA) is 90.0 Å². The number of Topliss-reactive ketones (excluding diaryl/α,β-unsaturated/α-hetero) is 1. The van der Waals surface area contributed by atoms with Gasteiger partial charge in [0.25, 0.3) is 0 Å². The highest BCUT2D eigenvalue weighted by molar-refractivity contribution is 7.89. The molecule has 2 aromatic rings. The second-order valence-corrected chi connectivity index (χ2v) is 8.68. The molecule has 2 aromatic carbocycles. The van der Waals surface area contributed by atoms with Gasteiger partial charge in [-0.15, -0.1) is 0 Å². The van der Waals surface area contributed by atoms with Crippen LogP contribution in [-0.2, 0) is 19.5 Å². The van der Waals surface area contributed by atoms with Crippen LogP contribution in [0, 0.1) is 6.92 Å². The van der Waals surface area contributed by atoms with Gasteiger partial charge in [0.15, 0.2) is 6.10 Å². The van der Waals surface area contributed by atoms with Gasteiger partial charge in [0.05, 0.1) is 23.7 Å². The van der Waals surface area contributed by atoms with Crippen molar-refractivity contribution in [2.75, 3.05) is 26.3 Å². The van der Waals surface area contributed by atoms with Crippen molar-refractivity contribution < 1.29 is 27.5 Å². The fourth-order valence-corrected chi connectivity index (χ4v) is 4.71. The molecular weight excluding hydrogens is 394 g/mol. The monoisotopic (exact) mass is 417 g/mol. The Labute approximate surface area is 170 Å². The van der Waals surface area contributed by atoms with Gasteiger partial charge in [-0.05, 0) is 31.5 Å². The first-order chi connectivity index (χ1) is 13.8. The predicted octanol–water partition coefficient (Wildman–Crippen LogP) is 2.44. The van der Waals surface area contributed by atoms with Crippen LogP contribution >= 0.6 is 0 Å². The number of carbonyl (C=O) groups excluding carboxylic acids is 2. The van der Waals surface area contributed by atoms with Gasteiger partial charge < -0.3 is 9.47 Å². The van der Waals surface area contributed by atoms with Gasteiger partial charge in [-0.1, -0.05) is 36.4 Å². The minimum atomic E-state index is -3.76. The van der Waals surface area contributed by atoms with Gasteiger partial charge >= 0.3 is 5.97 Å². The zero-order valence-corrected chi connectivity index (χ0v) is 17.1. The maximum absolute atomic E-state index is 13.0. The fourth-order valence-electron chi connectivity index (χ4n) is 3.05. The molecule has 154 valence electrons. The highest BCUT2D eigenvalue weighted by Crippen LogP contribution is 2.23. The van der Waals surface area contributed by atoms with Crippen LogP contribution in [0.4, 0.5) is 0 Å². The quantitative estimate of drug-likeness (QED) is 0.530. The molecule has 1 heterocycles. The van der Waals surface area contributed by atoms with Crippen molar-refractivity contribution in [2.45, 2.75) is 24.8 Å². The number of morpholine rings is 1. The van der Waals surface area contributed by atoms with Gasteiger partial charge in [0.1, 0.15) is 0 Å². The van der Waals surface area contributed by atoms with Crippen LogP contribution in [0.1, 0.15) is 33.2 Å². The molecule has 0 spiro atoms. The molecule has 29 heavy (non-hydrogen) atoms. The summed E-state index contributed by atoms with van der Waals surface area (Å²) in [5.74, 6) is -1.08. The van der Waals surface area contributed by atoms with Crippen LogP contribution in [0.25, 0.3) is 0 Å². The molecule has 3 rings (SSSR count). The van der Waals surface area contributed by atoms with E-state index in [9.17, 15) is 18.0 Å². The molecule has 0 N–H and O–H groups in total. The van der Waals surface area contributed by atoms with E-state index in [2.05, 4.69) is 0 Å². The molecule has 0 saturated carbocycles. The average molecular weight is 417 g/mol. The number of carbonyl (C=O) groups is 2. The minimum absolute atomic E-state index is 0.0517. The Morgan fingerprint density at radius 1 is 1.03 bits per heavy atom. The summed E-state index contributed by atoms with van der Waals surface area (Å²) in [4.78, 5) is 25.0. The van der Waals surface area contributed by atoms with Gasteiger partial charge in [0.2, 0.25) is 15.8 Å². The van der Waals surface area contributed by atoms with Crippen LogP contribution in [0.3, 0.4) is 0 Å². The lowest BCUT2D eigenvalue weighted by molar-refractivity contribution is 0.0318. The average Bonchev–Trinajstić information content (AvgIpc) is 2.74. The minimum Gasteiger partial charge on any atom is -0.451 e. The molecule has 1 unspecified atom stereocenters. The summed E-state index contributed by atoms with van der Waals surface area (Å²) in [6.45, 7) is 4.35. The van der Waals surface area contributed by atoms with Crippen molar-refractivity contribution in [1.82, 2.24) is 4.31 Å². The molecule has 1 atom stereocenters. The standard InChI is InChI=1S/C21H23NO6S/c1-15-8-9-18(14-19(15)29(25,26)22-10-12-27-13-11-22)21(24)28-16(2)20(23)17-6-4-3-5-7-17/h3-9,14,16H,10-13H2,1-2H3. The van der Waals surface area contributed by atoms with Crippen LogP contribution in [-0.4, -0.2) is 56.9 Å². The van der Waals surface area contributed by atoms with Crippen LogP contribution in [0.5, 0.6) is 0 Å². The third kappa shape index (κ3) is 4.72. The van der Waals surface area contributed by atoms with Crippen molar-refractivity contribution in [3.05, 3.63) is 65.2 Å². The third-order valence-corrected chi connectivity index (χ3v) is 6.76. The SMILES string of the molecule is Cc1ccc(C(=O)OC(C)C(=O)c2ccccc2)cc1S(=O)(=O)N1CCOCC1. The number of nitrogens with zero attached hydrogens (tertiary/aromatic N) is 1. The number of ketones is 1. The highest BCUT2D eigenvalue weighted by atomic mass is 32.2. The summed E-state index contributed by atoms with van der Waals surface area (Å²) in [5, 5.41) is 0. The number of benzene rings is 2. The van der Waals surface area contributed by atoms with E-state index in [4.69, 9.17) is 9.47 Å². The molecule has 1 fully saturated rings. The Bertz CT molecular complexity index is 997. The van der Waals surface area contributed by atoms with E-state index in [0.29, 0.717) is 24.3 Å². The Hall–Kier alpha value is -2.55. The summed E-state index contributed by atoms with van der Waals surface area (Å²) in [7, 11) is -3.76. The van der Waals surface area contributed by atoms with Crippen molar-refractivity contribution in [2.24, 2.45) is 0 Å². The second kappa shape index (κ2) is 8.86. The predicted molar refractivity (Wildman–Crippen MR) is 106 cm³/mol. The molecule has 7 nitrogen and oxygen atoms in total. The molecule has 1 saturated heterocycles. The molecule has 1 aliphatic rings. The van der Waals surface area contributed by atoms with E-state index < -0.39 is 22.1 Å². The van der Waals surface area contributed by atoms with Crippen molar-refractivity contribution in [3.8, 4) is 0 Å². The van der Waals surface area contributed by atoms with Gasteiger partial charge in [-0.25, -0.2) is 13.2 Å². The Balaban J connectivity index is 1.80. The van der Waals surface area contributed by atoms with E-state index in [1.807, 2.05) is 0 Å². The molecule has 0 amide bonds. The maximum Gasteiger partial charge on any atom is 0.338 e. The lowest BCUT2D eigenvalue weighted by Crippen LogP contribution is -2.40. The van der Waals surface area contributed by atoms with Gasteiger partial charge in [-0.2, -0.15) is 4.31 Å². The molecule has 0 radical (unpaired) electrons. The Kier molecular flexibility index (Phi) is 6.46. The van der Waals surface area contributed by atoms with Crippen molar-refractivity contribution in [1.29, 1.82) is 0 Å². The number of hydrogen-bond acceptors (Lipinski definition) is 6. The Morgan fingerprint density at radius 3 is 2.34 bits per heavy atom. The number of aryl methyl sites for hydroxylation is 1. The Morgan fingerprint density at radius 2 is 1.69 bits per heavy atom. The van der Waals surface area contributed by atoms with Crippen LogP contribution in [0.2, 0.25) is 0 Å². The number of ether oxygens (including phenoxy) is 2. The maximum atomic E-state index is 13.0. The van der Waals surface area contributed by atoms with Crippen molar-refractivity contribution >= 4 is 21.8 Å². The van der Waals surface area contributed by atoms with E-state index in [-0.39, 0.29) is 29.3 Å². The lowest BCUT2D eigenvalue weighted by atomic mass is 10.1. The van der Waals surface area contributed by atoms with Gasteiger partial charge in [-0.3, -0.25) is 4.79 Å². The highest BCUT2D eigenvalue weighted by Gasteiger charge is 2.29. The summed E-state index contributed by atoms with van der Waals surface area (Å²) < 4.78 is 37.8. The first kappa shape index (κ1) is 21.2. The van der Waals surface area contributed by atoms with E-state index in [1.165, 1.54) is 23.4 Å². The molecule has 0 aromatic heterocycles. The largest absolute Gasteiger partial charge is 0.451 e. The summed E-state index contributed by atoms with van der Waals surface area (Å²) in [6, 6.07) is 12.9. The zero-order valence-electron chi connectivity index (χ0n) is 16.3. The van der Waals surface area contributed by atoms with Crippen molar-refractivity contribution in [3.63, 3.8) is 0 Å². The van der Waals surface area contributed by atoms with E-state index in [0.717, 1.165) is 0 Å². The molecule has 1 aliphatic heterocycles. The first-order valence-corrected chi connectivity index (χ1v) is 10.7. The summed E-state index contributed by atoms with van der Waals surface area (Å²) in [5.41, 5.74) is 1.05. The molecule has 8 heteroatoms. The molecule has 0 aliphatic carbocycles. The fraction of sp³-hybridized carbons (Fsp3) is 0.333. The van der Waals surface area contributed by atoms with Crippen LogP contribution < -0.4 is 0 Å². The smallest absolute Gasteiger partial charge is 0.338 e. The summed E-state index contributed by atoms with van der Waals surface area (Å²) in [6.07, 6.45) is -0.995. The number of esters is 1. The number of hydrogen-bond donors (Lipinski definition) is 0. The van der Waals surface area contributed by atoms with Crippen LogP contribution in [0.15, 0.2) is 53.4 Å². The summed E-state index contributed by atoms with van der Waals surface area (Å²) >= 11 is 0.